The van der Waals surface area contributed by atoms with Gasteiger partial charge in [0.05, 0.1) is 7.11 Å². The number of aliphatic hydroxyl groups is 1. The van der Waals surface area contributed by atoms with Gasteiger partial charge in [-0.2, -0.15) is 0 Å². The Balaban J connectivity index is 2.53. The van der Waals surface area contributed by atoms with E-state index in [4.69, 9.17) is 9.84 Å². The lowest BCUT2D eigenvalue weighted by atomic mass is 10.2. The molecule has 4 nitrogen and oxygen atoms in total. The van der Waals surface area contributed by atoms with Gasteiger partial charge in [-0.25, -0.2) is 0 Å². The van der Waals surface area contributed by atoms with Crippen molar-refractivity contribution in [2.75, 3.05) is 20.3 Å². The lowest BCUT2D eigenvalue weighted by Gasteiger charge is -2.03. The van der Waals surface area contributed by atoms with Gasteiger partial charge in [-0.15, -0.1) is 0 Å². The summed E-state index contributed by atoms with van der Waals surface area (Å²) in [5.41, 5.74) is 0.888. The molecule has 0 unspecified atom stereocenters. The normalized spacial score (nSPS) is 10.9. The van der Waals surface area contributed by atoms with Crippen molar-refractivity contribution in [1.29, 1.82) is 0 Å². The van der Waals surface area contributed by atoms with Crippen LogP contribution >= 0.6 is 0 Å². The molecule has 0 fully saturated rings. The average Bonchev–Trinajstić information content (AvgIpc) is 2.31. The summed E-state index contributed by atoms with van der Waals surface area (Å²) in [6.07, 6.45) is 3.39. The van der Waals surface area contributed by atoms with E-state index in [0.29, 0.717) is 12.3 Å². The number of methoxy groups -OCH3 is 1. The van der Waals surface area contributed by atoms with Crippen molar-refractivity contribution in [3.05, 3.63) is 23.8 Å². The quantitative estimate of drug-likeness (QED) is 0.568. The zero-order valence-electron chi connectivity index (χ0n) is 9.39. The van der Waals surface area contributed by atoms with Gasteiger partial charge in [0.2, 0.25) is 0 Å². The van der Waals surface area contributed by atoms with Gasteiger partial charge in [-0.05, 0) is 36.6 Å². The lowest BCUT2D eigenvalue weighted by molar-refractivity contribution is 0.285. The van der Waals surface area contributed by atoms with E-state index in [1.165, 1.54) is 7.11 Å². The molecule has 0 aromatic heterocycles. The molecule has 88 valence electrons. The first kappa shape index (κ1) is 12.5. The van der Waals surface area contributed by atoms with Crippen LogP contribution in [0.2, 0.25) is 0 Å². The Morgan fingerprint density at radius 1 is 1.38 bits per heavy atom. The van der Waals surface area contributed by atoms with Crippen LogP contribution in [0.4, 0.5) is 0 Å². The van der Waals surface area contributed by atoms with Crippen molar-refractivity contribution in [2.24, 2.45) is 4.99 Å². The number of aliphatic imine (C=N–C) groups is 1. The van der Waals surface area contributed by atoms with E-state index < -0.39 is 0 Å². The maximum atomic E-state index is 9.38. The van der Waals surface area contributed by atoms with Crippen LogP contribution in [-0.2, 0) is 0 Å². The summed E-state index contributed by atoms with van der Waals surface area (Å²) in [7, 11) is 1.51. The van der Waals surface area contributed by atoms with Gasteiger partial charge in [0.25, 0.3) is 0 Å². The topological polar surface area (TPSA) is 62.0 Å². The molecule has 16 heavy (non-hydrogen) atoms. The highest BCUT2D eigenvalue weighted by molar-refractivity contribution is 5.80. The minimum Gasteiger partial charge on any atom is -0.504 e. The molecule has 0 saturated heterocycles. The zero-order valence-corrected chi connectivity index (χ0v) is 9.39. The van der Waals surface area contributed by atoms with E-state index in [9.17, 15) is 5.11 Å². The highest BCUT2D eigenvalue weighted by Crippen LogP contribution is 2.25. The lowest BCUT2D eigenvalue weighted by Crippen LogP contribution is -1.89. The number of phenolic OH excluding ortho intramolecular Hbond substituents is 1. The van der Waals surface area contributed by atoms with E-state index in [0.717, 1.165) is 18.4 Å². The molecule has 1 aromatic carbocycles. The Morgan fingerprint density at radius 3 is 2.88 bits per heavy atom. The van der Waals surface area contributed by atoms with Crippen molar-refractivity contribution in [3.63, 3.8) is 0 Å². The molecular weight excluding hydrogens is 206 g/mol. The van der Waals surface area contributed by atoms with E-state index in [1.54, 1.807) is 24.4 Å². The number of aliphatic hydroxyl groups excluding tert-OH is 1. The first-order chi connectivity index (χ1) is 7.77. The van der Waals surface area contributed by atoms with Crippen LogP contribution < -0.4 is 4.74 Å². The molecule has 0 bridgehead atoms. The summed E-state index contributed by atoms with van der Waals surface area (Å²) >= 11 is 0. The van der Waals surface area contributed by atoms with Crippen LogP contribution in [0, 0.1) is 0 Å². The number of hydrogen-bond acceptors (Lipinski definition) is 4. The van der Waals surface area contributed by atoms with Gasteiger partial charge in [-0.1, -0.05) is 0 Å². The molecule has 4 heteroatoms. The van der Waals surface area contributed by atoms with Gasteiger partial charge >= 0.3 is 0 Å². The summed E-state index contributed by atoms with van der Waals surface area (Å²) in [5, 5.41) is 18.0. The van der Waals surface area contributed by atoms with Crippen molar-refractivity contribution in [2.45, 2.75) is 12.8 Å². The molecule has 0 heterocycles. The van der Waals surface area contributed by atoms with Crippen LogP contribution in [0.25, 0.3) is 0 Å². The summed E-state index contributed by atoms with van der Waals surface area (Å²) < 4.78 is 4.99. The number of nitrogens with zero attached hydrogens (tertiary/aromatic N) is 1. The number of ether oxygens (including phenoxy) is 1. The first-order valence-corrected chi connectivity index (χ1v) is 5.25. The molecule has 0 atom stereocenters. The fourth-order valence-electron chi connectivity index (χ4n) is 1.26. The van der Waals surface area contributed by atoms with Gasteiger partial charge in [0, 0.05) is 19.4 Å². The molecule has 2 N–H and O–H groups in total. The number of unbranched alkanes of at least 4 members (excludes halogenated alkanes) is 1. The molecule has 0 aliphatic heterocycles. The highest BCUT2D eigenvalue weighted by Gasteiger charge is 2.00. The van der Waals surface area contributed by atoms with Crippen LogP contribution in [0.5, 0.6) is 11.5 Å². The molecule has 1 rings (SSSR count). The van der Waals surface area contributed by atoms with Crippen molar-refractivity contribution >= 4 is 6.21 Å². The summed E-state index contributed by atoms with van der Waals surface area (Å²) in [6, 6.07) is 5.08. The minimum absolute atomic E-state index is 0.125. The largest absolute Gasteiger partial charge is 0.504 e. The fourth-order valence-corrected chi connectivity index (χ4v) is 1.26. The van der Waals surface area contributed by atoms with Crippen LogP contribution in [0.15, 0.2) is 23.2 Å². The van der Waals surface area contributed by atoms with E-state index in [-0.39, 0.29) is 12.4 Å². The van der Waals surface area contributed by atoms with Gasteiger partial charge in [0.1, 0.15) is 0 Å². The maximum absolute atomic E-state index is 9.38. The minimum atomic E-state index is 0.125. The predicted molar refractivity (Wildman–Crippen MR) is 63.4 cm³/mol. The van der Waals surface area contributed by atoms with E-state index in [2.05, 4.69) is 4.99 Å². The molecule has 0 amide bonds. The molecule has 0 radical (unpaired) electrons. The number of benzene rings is 1. The van der Waals surface area contributed by atoms with Crippen molar-refractivity contribution in [3.8, 4) is 11.5 Å². The van der Waals surface area contributed by atoms with E-state index in [1.807, 2.05) is 0 Å². The summed E-state index contributed by atoms with van der Waals surface area (Å²) in [5.74, 6) is 0.569. The monoisotopic (exact) mass is 223 g/mol. The first-order valence-electron chi connectivity index (χ1n) is 5.25. The molecular formula is C12H17NO3. The smallest absolute Gasteiger partial charge is 0.161 e. The third kappa shape index (κ3) is 3.90. The van der Waals surface area contributed by atoms with Crippen LogP contribution in [0.1, 0.15) is 18.4 Å². The second-order valence-electron chi connectivity index (χ2n) is 3.40. The average molecular weight is 223 g/mol. The summed E-state index contributed by atoms with van der Waals surface area (Å²) in [6.45, 7) is 0.909. The van der Waals surface area contributed by atoms with Crippen LogP contribution in [-0.4, -0.2) is 36.7 Å². The summed E-state index contributed by atoms with van der Waals surface area (Å²) in [4.78, 5) is 4.21. The number of hydrogen-bond donors (Lipinski definition) is 2. The van der Waals surface area contributed by atoms with Gasteiger partial charge in [-0.3, -0.25) is 4.99 Å². The Hall–Kier alpha value is -1.55. The van der Waals surface area contributed by atoms with E-state index >= 15 is 0 Å². The SMILES string of the molecule is COc1cc(C=NCCCCO)ccc1O. The van der Waals surface area contributed by atoms with Crippen molar-refractivity contribution < 1.29 is 14.9 Å². The van der Waals surface area contributed by atoms with Gasteiger partial charge in [0.15, 0.2) is 11.5 Å². The predicted octanol–water partition coefficient (Wildman–Crippen LogP) is 1.59. The fraction of sp³-hybridized carbons (Fsp3) is 0.417. The highest BCUT2D eigenvalue weighted by atomic mass is 16.5. The number of rotatable bonds is 6. The molecule has 0 spiro atoms. The van der Waals surface area contributed by atoms with Gasteiger partial charge < -0.3 is 14.9 Å². The molecule has 0 aliphatic rings. The zero-order chi connectivity index (χ0) is 11.8. The maximum Gasteiger partial charge on any atom is 0.161 e. The number of aromatic hydroxyl groups is 1. The van der Waals surface area contributed by atoms with Crippen LogP contribution in [0.3, 0.4) is 0 Å². The Morgan fingerprint density at radius 2 is 2.19 bits per heavy atom. The number of phenols is 1. The Kier molecular flexibility index (Phi) is 5.36. The standard InChI is InChI=1S/C12H17NO3/c1-16-12-8-10(4-5-11(12)15)9-13-6-2-3-7-14/h4-5,8-9,14-15H,2-3,6-7H2,1H3. The third-order valence-corrected chi connectivity index (χ3v) is 2.14. The molecule has 1 aromatic rings. The molecule has 0 aliphatic carbocycles. The Labute approximate surface area is 95.2 Å². The second kappa shape index (κ2) is 6.85. The Bertz CT molecular complexity index is 350. The third-order valence-electron chi connectivity index (χ3n) is 2.14. The second-order valence-corrected chi connectivity index (χ2v) is 3.40. The van der Waals surface area contributed by atoms with Crippen molar-refractivity contribution in [1.82, 2.24) is 0 Å². The molecule has 0 saturated carbocycles.